The average Bonchev–Trinajstić information content (AvgIpc) is 2.88. The molecule has 1 aliphatic rings. The third-order valence-corrected chi connectivity index (χ3v) is 5.21. The number of halogens is 1. The fraction of sp³-hybridized carbons (Fsp3) is 0.250. The molecule has 1 saturated heterocycles. The van der Waals surface area contributed by atoms with Gasteiger partial charge in [-0.1, -0.05) is 58.4 Å². The van der Waals surface area contributed by atoms with Gasteiger partial charge in [0.05, 0.1) is 0 Å². The van der Waals surface area contributed by atoms with Crippen LogP contribution in [0.15, 0.2) is 59.1 Å². The van der Waals surface area contributed by atoms with Crippen molar-refractivity contribution in [2.75, 3.05) is 13.6 Å². The highest BCUT2D eigenvalue weighted by Crippen LogP contribution is 2.28. The Morgan fingerprint density at radius 3 is 2.37 bits per heavy atom. The summed E-state index contributed by atoms with van der Waals surface area (Å²) < 4.78 is 0.958. The van der Waals surface area contributed by atoms with Crippen LogP contribution in [0.4, 0.5) is 4.79 Å². The number of nitrogens with zero attached hydrogens (tertiary/aromatic N) is 2. The first-order valence-electron chi connectivity index (χ1n) is 8.49. The molecule has 0 radical (unpaired) electrons. The first kappa shape index (κ1) is 19.1. The molecule has 0 spiro atoms. The minimum atomic E-state index is -1.16. The molecule has 1 aliphatic heterocycles. The van der Waals surface area contributed by atoms with E-state index in [0.29, 0.717) is 12.1 Å². The average molecular weight is 430 g/mol. The lowest BCUT2D eigenvalue weighted by molar-refractivity contribution is -0.138. The van der Waals surface area contributed by atoms with Crippen LogP contribution in [0.5, 0.6) is 0 Å². The molecule has 1 unspecified atom stereocenters. The molecule has 1 fully saturated rings. The van der Waals surface area contributed by atoms with Crippen molar-refractivity contribution in [3.63, 3.8) is 0 Å². The molecule has 27 heavy (non-hydrogen) atoms. The molecule has 3 rings (SSSR count). The van der Waals surface area contributed by atoms with Gasteiger partial charge >= 0.3 is 6.03 Å². The van der Waals surface area contributed by atoms with Gasteiger partial charge in [0.15, 0.2) is 0 Å². The minimum absolute atomic E-state index is 0.292. The van der Waals surface area contributed by atoms with Gasteiger partial charge in [-0.15, -0.1) is 0 Å². The summed E-state index contributed by atoms with van der Waals surface area (Å²) in [6, 6.07) is 16.1. The number of likely N-dealkylation sites (N-methyl/N-ethyl adjacent to an activating group) is 1. The summed E-state index contributed by atoms with van der Waals surface area (Å²) in [6.07, 6.45) is 0. The van der Waals surface area contributed by atoms with Gasteiger partial charge in [-0.3, -0.25) is 14.5 Å². The second kappa shape index (κ2) is 7.52. The van der Waals surface area contributed by atoms with Crippen LogP contribution < -0.4 is 5.32 Å². The van der Waals surface area contributed by atoms with Crippen LogP contribution in [0.2, 0.25) is 0 Å². The Morgan fingerprint density at radius 2 is 1.74 bits per heavy atom. The highest BCUT2D eigenvalue weighted by molar-refractivity contribution is 9.10. The van der Waals surface area contributed by atoms with E-state index in [-0.39, 0.29) is 12.5 Å². The van der Waals surface area contributed by atoms with Crippen molar-refractivity contribution < 1.29 is 14.4 Å². The molecule has 1 atom stereocenters. The van der Waals surface area contributed by atoms with Gasteiger partial charge in [-0.2, -0.15) is 0 Å². The van der Waals surface area contributed by atoms with Gasteiger partial charge in [-0.05, 0) is 30.2 Å². The summed E-state index contributed by atoms with van der Waals surface area (Å²) >= 11 is 3.37. The number of rotatable bonds is 5. The van der Waals surface area contributed by atoms with Crippen LogP contribution in [0.1, 0.15) is 18.1 Å². The molecular weight excluding hydrogens is 410 g/mol. The SMILES string of the molecule is CN(Cc1ccc(Br)cc1)C(=O)CN1C(=O)NC(C)(c2ccccc2)C1=O. The molecule has 0 saturated carbocycles. The van der Waals surface area contributed by atoms with Crippen LogP contribution >= 0.6 is 15.9 Å². The van der Waals surface area contributed by atoms with Crippen LogP contribution in [-0.2, 0) is 21.7 Å². The molecule has 1 heterocycles. The largest absolute Gasteiger partial charge is 0.340 e. The lowest BCUT2D eigenvalue weighted by atomic mass is 9.92. The molecule has 2 aromatic carbocycles. The maximum atomic E-state index is 12.9. The molecule has 0 aromatic heterocycles. The number of carbonyl (C=O) groups excluding carboxylic acids is 3. The molecule has 140 valence electrons. The standard InChI is InChI=1S/C20H20BrN3O3/c1-20(15-6-4-3-5-7-15)18(26)24(19(27)22-20)13-17(25)23(2)12-14-8-10-16(21)11-9-14/h3-11H,12-13H2,1-2H3,(H,22,27). The Morgan fingerprint density at radius 1 is 1.11 bits per heavy atom. The van der Waals surface area contributed by atoms with E-state index in [0.717, 1.165) is 14.9 Å². The highest BCUT2D eigenvalue weighted by atomic mass is 79.9. The molecule has 7 heteroatoms. The van der Waals surface area contributed by atoms with E-state index in [2.05, 4.69) is 21.2 Å². The van der Waals surface area contributed by atoms with Gasteiger partial charge in [0.1, 0.15) is 12.1 Å². The van der Waals surface area contributed by atoms with Gasteiger partial charge in [-0.25, -0.2) is 4.79 Å². The monoisotopic (exact) mass is 429 g/mol. The number of nitrogens with one attached hydrogen (secondary N) is 1. The van der Waals surface area contributed by atoms with Crippen molar-refractivity contribution in [3.05, 3.63) is 70.2 Å². The molecule has 4 amide bonds. The van der Waals surface area contributed by atoms with E-state index in [1.807, 2.05) is 30.3 Å². The first-order chi connectivity index (χ1) is 12.8. The quantitative estimate of drug-likeness (QED) is 0.742. The maximum absolute atomic E-state index is 12.9. The summed E-state index contributed by atoms with van der Waals surface area (Å²) in [4.78, 5) is 40.2. The zero-order valence-corrected chi connectivity index (χ0v) is 16.7. The highest BCUT2D eigenvalue weighted by Gasteiger charge is 2.49. The van der Waals surface area contributed by atoms with Crippen LogP contribution in [0.3, 0.4) is 0 Å². The normalized spacial score (nSPS) is 19.1. The number of urea groups is 1. The second-order valence-corrected chi connectivity index (χ2v) is 7.60. The molecule has 6 nitrogen and oxygen atoms in total. The molecule has 0 aliphatic carbocycles. The van der Waals surface area contributed by atoms with Gasteiger partial charge in [0.2, 0.25) is 5.91 Å². The number of hydrogen-bond donors (Lipinski definition) is 1. The van der Waals surface area contributed by atoms with Crippen molar-refractivity contribution >= 4 is 33.8 Å². The summed E-state index contributed by atoms with van der Waals surface area (Å²) in [6.45, 7) is 1.75. The van der Waals surface area contributed by atoms with E-state index < -0.39 is 17.5 Å². The van der Waals surface area contributed by atoms with Crippen LogP contribution in [0.25, 0.3) is 0 Å². The smallest absolute Gasteiger partial charge is 0.325 e. The van der Waals surface area contributed by atoms with Gasteiger partial charge in [0, 0.05) is 18.1 Å². The van der Waals surface area contributed by atoms with Crippen LogP contribution in [-0.4, -0.2) is 41.2 Å². The summed E-state index contributed by atoms with van der Waals surface area (Å²) in [7, 11) is 1.65. The topological polar surface area (TPSA) is 69.7 Å². The summed E-state index contributed by atoms with van der Waals surface area (Å²) in [5.74, 6) is -0.733. The van der Waals surface area contributed by atoms with E-state index in [1.54, 1.807) is 38.2 Å². The predicted octanol–water partition coefficient (Wildman–Crippen LogP) is 2.87. The Labute approximate surface area is 166 Å². The maximum Gasteiger partial charge on any atom is 0.325 e. The number of carbonyl (C=O) groups is 3. The van der Waals surface area contributed by atoms with Crippen molar-refractivity contribution in [1.29, 1.82) is 0 Å². The van der Waals surface area contributed by atoms with Crippen LogP contribution in [0, 0.1) is 0 Å². The Bertz CT molecular complexity index is 870. The van der Waals surface area contributed by atoms with E-state index in [9.17, 15) is 14.4 Å². The molecule has 1 N–H and O–H groups in total. The lowest BCUT2D eigenvalue weighted by Gasteiger charge is -2.23. The number of hydrogen-bond acceptors (Lipinski definition) is 3. The molecule has 2 aromatic rings. The second-order valence-electron chi connectivity index (χ2n) is 6.69. The van der Waals surface area contributed by atoms with Crippen molar-refractivity contribution in [2.24, 2.45) is 0 Å². The number of imide groups is 1. The fourth-order valence-electron chi connectivity index (χ4n) is 3.02. The van der Waals surface area contributed by atoms with Crippen molar-refractivity contribution in [2.45, 2.75) is 19.0 Å². The zero-order valence-electron chi connectivity index (χ0n) is 15.1. The number of benzene rings is 2. The fourth-order valence-corrected chi connectivity index (χ4v) is 3.28. The zero-order chi connectivity index (χ0) is 19.6. The van der Waals surface area contributed by atoms with E-state index >= 15 is 0 Å². The van der Waals surface area contributed by atoms with Gasteiger partial charge in [0.25, 0.3) is 5.91 Å². The Balaban J connectivity index is 1.69. The third-order valence-electron chi connectivity index (χ3n) is 4.68. The Hall–Kier alpha value is -2.67. The first-order valence-corrected chi connectivity index (χ1v) is 9.28. The van der Waals surface area contributed by atoms with Crippen molar-refractivity contribution in [3.8, 4) is 0 Å². The number of amides is 4. The Kier molecular flexibility index (Phi) is 5.32. The van der Waals surface area contributed by atoms with Crippen molar-refractivity contribution in [1.82, 2.24) is 15.1 Å². The lowest BCUT2D eigenvalue weighted by Crippen LogP contribution is -2.43. The predicted molar refractivity (Wildman–Crippen MR) is 105 cm³/mol. The summed E-state index contributed by atoms with van der Waals surface area (Å²) in [5.41, 5.74) is 0.477. The van der Waals surface area contributed by atoms with Gasteiger partial charge < -0.3 is 10.2 Å². The van der Waals surface area contributed by atoms with E-state index in [1.165, 1.54) is 4.90 Å². The third kappa shape index (κ3) is 3.88. The summed E-state index contributed by atoms with van der Waals surface area (Å²) in [5, 5.41) is 2.71. The van der Waals surface area contributed by atoms with E-state index in [4.69, 9.17) is 0 Å². The minimum Gasteiger partial charge on any atom is -0.340 e. The molecular formula is C20H20BrN3O3. The molecule has 0 bridgehead atoms.